The zero-order chi connectivity index (χ0) is 18.5. The fourth-order valence-corrected chi connectivity index (χ4v) is 3.36. The Hall–Kier alpha value is -3.21. The second kappa shape index (κ2) is 5.66. The Morgan fingerprint density at radius 3 is 2.81 bits per heavy atom. The fraction of sp³-hybridized carbons (Fsp3) is 0.190. The van der Waals surface area contributed by atoms with Crippen molar-refractivity contribution in [1.82, 2.24) is 0 Å². The third kappa shape index (κ3) is 2.36. The number of allylic oxidation sites excluding steroid dienone is 1. The first-order valence-electron chi connectivity index (χ1n) is 8.37. The van der Waals surface area contributed by atoms with E-state index in [0.717, 1.165) is 12.8 Å². The van der Waals surface area contributed by atoms with Gasteiger partial charge in [-0.1, -0.05) is 18.2 Å². The van der Waals surface area contributed by atoms with E-state index in [4.69, 9.17) is 9.15 Å². The molecule has 1 aliphatic rings. The lowest BCUT2D eigenvalue weighted by molar-refractivity contribution is 0.128. The minimum Gasteiger partial charge on any atom is -0.507 e. The molecule has 0 bridgehead atoms. The summed E-state index contributed by atoms with van der Waals surface area (Å²) in [5.74, 6) is 0.0698. The summed E-state index contributed by atoms with van der Waals surface area (Å²) in [6, 6.07) is 6.05. The first-order valence-corrected chi connectivity index (χ1v) is 8.37. The van der Waals surface area contributed by atoms with Crippen molar-refractivity contribution in [2.75, 3.05) is 0 Å². The second-order valence-electron chi connectivity index (χ2n) is 6.67. The zero-order valence-electron chi connectivity index (χ0n) is 14.3. The van der Waals surface area contributed by atoms with Gasteiger partial charge in [0.1, 0.15) is 28.1 Å². The van der Waals surface area contributed by atoms with Crippen molar-refractivity contribution >= 4 is 28.0 Å². The molecule has 5 nitrogen and oxygen atoms in total. The number of fused-ring (bicyclic) bond motifs is 4. The van der Waals surface area contributed by atoms with E-state index in [9.17, 15) is 15.0 Å². The SMILES string of the molecule is C=CCCC1(C)C=Cc2c(cc(O)c3oc4cccc(O)c4c(=O)c23)O1. The second-order valence-corrected chi connectivity index (χ2v) is 6.67. The van der Waals surface area contributed by atoms with Crippen LogP contribution in [-0.4, -0.2) is 15.8 Å². The number of aromatic hydroxyl groups is 2. The van der Waals surface area contributed by atoms with Gasteiger partial charge in [-0.2, -0.15) is 0 Å². The minimum absolute atomic E-state index is 0.0785. The Balaban J connectivity index is 2.02. The molecule has 0 fully saturated rings. The van der Waals surface area contributed by atoms with Crippen molar-refractivity contribution in [3.05, 3.63) is 58.8 Å². The van der Waals surface area contributed by atoms with E-state index < -0.39 is 11.0 Å². The van der Waals surface area contributed by atoms with E-state index in [1.54, 1.807) is 12.1 Å². The Labute approximate surface area is 149 Å². The summed E-state index contributed by atoms with van der Waals surface area (Å²) in [7, 11) is 0. The van der Waals surface area contributed by atoms with Crippen LogP contribution < -0.4 is 10.2 Å². The molecule has 132 valence electrons. The first-order chi connectivity index (χ1) is 12.4. The van der Waals surface area contributed by atoms with Gasteiger partial charge < -0.3 is 19.4 Å². The molecule has 4 rings (SSSR count). The number of benzene rings is 2. The van der Waals surface area contributed by atoms with Crippen LogP contribution in [0.15, 0.2) is 52.2 Å². The quantitative estimate of drug-likeness (QED) is 0.537. The topological polar surface area (TPSA) is 79.9 Å². The van der Waals surface area contributed by atoms with Gasteiger partial charge in [0.15, 0.2) is 11.3 Å². The molecule has 3 aromatic rings. The molecule has 1 atom stereocenters. The van der Waals surface area contributed by atoms with Crippen LogP contribution in [0.3, 0.4) is 0 Å². The Morgan fingerprint density at radius 2 is 2.04 bits per heavy atom. The Morgan fingerprint density at radius 1 is 1.23 bits per heavy atom. The minimum atomic E-state index is -0.555. The van der Waals surface area contributed by atoms with Crippen molar-refractivity contribution in [2.24, 2.45) is 0 Å². The molecule has 0 saturated carbocycles. The smallest absolute Gasteiger partial charge is 0.205 e. The molecule has 0 saturated heterocycles. The summed E-state index contributed by atoms with van der Waals surface area (Å²) in [4.78, 5) is 13.0. The number of ether oxygens (including phenoxy) is 1. The summed E-state index contributed by atoms with van der Waals surface area (Å²) in [5, 5.41) is 20.8. The van der Waals surface area contributed by atoms with Gasteiger partial charge in [0.2, 0.25) is 5.43 Å². The van der Waals surface area contributed by atoms with Gasteiger partial charge in [-0.25, -0.2) is 0 Å². The van der Waals surface area contributed by atoms with E-state index in [0.29, 0.717) is 11.3 Å². The van der Waals surface area contributed by atoms with Gasteiger partial charge in [-0.15, -0.1) is 6.58 Å². The van der Waals surface area contributed by atoms with Gasteiger partial charge in [-0.3, -0.25) is 4.79 Å². The molecule has 0 aliphatic carbocycles. The Kier molecular flexibility index (Phi) is 3.54. The molecule has 0 spiro atoms. The lowest BCUT2D eigenvalue weighted by Crippen LogP contribution is -2.31. The molecule has 2 aromatic carbocycles. The van der Waals surface area contributed by atoms with Gasteiger partial charge in [0.25, 0.3) is 0 Å². The number of hydrogen-bond acceptors (Lipinski definition) is 5. The highest BCUT2D eigenvalue weighted by molar-refractivity contribution is 6.00. The maximum Gasteiger partial charge on any atom is 0.205 e. The normalized spacial score (nSPS) is 18.7. The highest BCUT2D eigenvalue weighted by atomic mass is 16.5. The van der Waals surface area contributed by atoms with Crippen LogP contribution in [0.4, 0.5) is 0 Å². The first kappa shape index (κ1) is 16.3. The van der Waals surface area contributed by atoms with Crippen LogP contribution in [0.2, 0.25) is 0 Å². The van der Waals surface area contributed by atoms with Crippen LogP contribution in [0.5, 0.6) is 17.2 Å². The Bertz CT molecular complexity index is 1140. The third-order valence-corrected chi connectivity index (χ3v) is 4.72. The summed E-state index contributed by atoms with van der Waals surface area (Å²) in [5.41, 5.74) is -0.133. The number of phenols is 2. The molecule has 1 aromatic heterocycles. The number of rotatable bonds is 3. The standard InChI is InChI=1S/C21H18O5/c1-3-4-9-21(2)10-8-12-16(26-21)11-14(23)20-17(12)19(24)18-13(22)6-5-7-15(18)25-20/h3,5-8,10-11,22-23H,1,4,9H2,2H3. The molecule has 2 heterocycles. The molecule has 26 heavy (non-hydrogen) atoms. The fourth-order valence-electron chi connectivity index (χ4n) is 3.36. The molecule has 1 aliphatic heterocycles. The summed E-state index contributed by atoms with van der Waals surface area (Å²) >= 11 is 0. The summed E-state index contributed by atoms with van der Waals surface area (Å²) in [6.45, 7) is 5.66. The molecule has 2 N–H and O–H groups in total. The van der Waals surface area contributed by atoms with Crippen molar-refractivity contribution in [3.63, 3.8) is 0 Å². The predicted molar refractivity (Wildman–Crippen MR) is 101 cm³/mol. The third-order valence-electron chi connectivity index (χ3n) is 4.72. The van der Waals surface area contributed by atoms with Crippen LogP contribution in [0, 0.1) is 0 Å². The van der Waals surface area contributed by atoms with Gasteiger partial charge in [-0.05, 0) is 38.0 Å². The van der Waals surface area contributed by atoms with E-state index in [1.807, 2.05) is 25.2 Å². The van der Waals surface area contributed by atoms with Crippen molar-refractivity contribution < 1.29 is 19.4 Å². The van der Waals surface area contributed by atoms with Crippen molar-refractivity contribution in [2.45, 2.75) is 25.4 Å². The lowest BCUT2D eigenvalue weighted by Gasteiger charge is -2.31. The van der Waals surface area contributed by atoms with Crippen LogP contribution in [0.25, 0.3) is 28.0 Å². The zero-order valence-corrected chi connectivity index (χ0v) is 14.3. The summed E-state index contributed by atoms with van der Waals surface area (Å²) in [6.07, 6.45) is 7.02. The van der Waals surface area contributed by atoms with Crippen LogP contribution in [0.1, 0.15) is 25.3 Å². The largest absolute Gasteiger partial charge is 0.507 e. The molecule has 0 radical (unpaired) electrons. The molecular weight excluding hydrogens is 332 g/mol. The van der Waals surface area contributed by atoms with Gasteiger partial charge in [0.05, 0.1) is 5.39 Å². The molecule has 0 amide bonds. The number of hydrogen-bond donors (Lipinski definition) is 2. The van der Waals surface area contributed by atoms with Crippen LogP contribution in [-0.2, 0) is 0 Å². The number of phenolic OH excluding ortho intramolecular Hbond substituents is 2. The van der Waals surface area contributed by atoms with E-state index in [-0.39, 0.29) is 33.4 Å². The average molecular weight is 350 g/mol. The van der Waals surface area contributed by atoms with E-state index >= 15 is 0 Å². The van der Waals surface area contributed by atoms with Gasteiger partial charge in [0, 0.05) is 11.6 Å². The van der Waals surface area contributed by atoms with Crippen molar-refractivity contribution in [3.8, 4) is 17.2 Å². The average Bonchev–Trinajstić information content (AvgIpc) is 2.60. The maximum absolute atomic E-state index is 13.0. The summed E-state index contributed by atoms with van der Waals surface area (Å²) < 4.78 is 11.8. The lowest BCUT2D eigenvalue weighted by atomic mass is 9.93. The molecular formula is C21H18O5. The van der Waals surface area contributed by atoms with E-state index in [2.05, 4.69) is 6.58 Å². The monoisotopic (exact) mass is 350 g/mol. The van der Waals surface area contributed by atoms with Crippen LogP contribution >= 0.6 is 0 Å². The maximum atomic E-state index is 13.0. The van der Waals surface area contributed by atoms with E-state index in [1.165, 1.54) is 12.1 Å². The highest BCUT2D eigenvalue weighted by Gasteiger charge is 2.30. The van der Waals surface area contributed by atoms with Crippen molar-refractivity contribution in [1.29, 1.82) is 0 Å². The van der Waals surface area contributed by atoms with Gasteiger partial charge >= 0.3 is 0 Å². The predicted octanol–water partition coefficient (Wildman–Crippen LogP) is 4.49. The highest BCUT2D eigenvalue weighted by Crippen LogP contribution is 2.41. The molecule has 5 heteroatoms. The molecule has 1 unspecified atom stereocenters.